The number of carbonyl (C=O) groups is 1. The van der Waals surface area contributed by atoms with Gasteiger partial charge in [0.05, 0.1) is 19.8 Å². The molecule has 4 nitrogen and oxygen atoms in total. The first-order valence-electron chi connectivity index (χ1n) is 6.12. The lowest BCUT2D eigenvalue weighted by Gasteiger charge is -2.24. The average molecular weight is 228 g/mol. The van der Waals surface area contributed by atoms with Crippen LogP contribution in [0.5, 0.6) is 0 Å². The van der Waals surface area contributed by atoms with Crippen molar-refractivity contribution in [2.24, 2.45) is 5.92 Å². The minimum atomic E-state index is -0.365. The third-order valence-corrected chi connectivity index (χ3v) is 3.22. The van der Waals surface area contributed by atoms with Gasteiger partial charge in [-0.1, -0.05) is 0 Å². The SMILES string of the molecule is COC(=O)C(OCC1CCCCO1)C1CC1. The zero-order valence-corrected chi connectivity index (χ0v) is 9.81. The lowest BCUT2D eigenvalue weighted by atomic mass is 10.1. The van der Waals surface area contributed by atoms with Gasteiger partial charge >= 0.3 is 5.97 Å². The van der Waals surface area contributed by atoms with Crippen LogP contribution in [0.3, 0.4) is 0 Å². The van der Waals surface area contributed by atoms with E-state index in [9.17, 15) is 4.79 Å². The first kappa shape index (κ1) is 11.9. The summed E-state index contributed by atoms with van der Waals surface area (Å²) in [5.74, 6) is 0.134. The van der Waals surface area contributed by atoms with Gasteiger partial charge in [-0.05, 0) is 38.0 Å². The number of methoxy groups -OCH3 is 1. The Hall–Kier alpha value is -0.610. The van der Waals surface area contributed by atoms with E-state index in [0.29, 0.717) is 12.5 Å². The third-order valence-electron chi connectivity index (χ3n) is 3.22. The van der Waals surface area contributed by atoms with E-state index in [-0.39, 0.29) is 18.2 Å². The Morgan fingerprint density at radius 3 is 2.75 bits per heavy atom. The van der Waals surface area contributed by atoms with E-state index in [2.05, 4.69) is 0 Å². The largest absolute Gasteiger partial charge is 0.467 e. The topological polar surface area (TPSA) is 44.8 Å². The van der Waals surface area contributed by atoms with Gasteiger partial charge in [-0.3, -0.25) is 0 Å². The number of esters is 1. The molecular weight excluding hydrogens is 208 g/mol. The molecule has 1 aliphatic carbocycles. The van der Waals surface area contributed by atoms with E-state index in [1.54, 1.807) is 0 Å². The van der Waals surface area contributed by atoms with Crippen molar-refractivity contribution >= 4 is 5.97 Å². The first-order chi connectivity index (χ1) is 7.81. The summed E-state index contributed by atoms with van der Waals surface area (Å²) in [5.41, 5.74) is 0. The van der Waals surface area contributed by atoms with E-state index < -0.39 is 0 Å². The molecule has 0 aromatic carbocycles. The highest BCUT2D eigenvalue weighted by molar-refractivity contribution is 5.75. The number of carbonyl (C=O) groups excluding carboxylic acids is 1. The quantitative estimate of drug-likeness (QED) is 0.669. The molecule has 16 heavy (non-hydrogen) atoms. The van der Waals surface area contributed by atoms with Crippen molar-refractivity contribution in [2.75, 3.05) is 20.3 Å². The van der Waals surface area contributed by atoms with E-state index in [1.165, 1.54) is 13.5 Å². The number of hydrogen-bond donors (Lipinski definition) is 0. The summed E-state index contributed by atoms with van der Waals surface area (Å²) in [6.45, 7) is 1.34. The Kier molecular flexibility index (Phi) is 4.18. The van der Waals surface area contributed by atoms with Gasteiger partial charge in [0.15, 0.2) is 6.10 Å². The van der Waals surface area contributed by atoms with Crippen LogP contribution in [0.25, 0.3) is 0 Å². The summed E-state index contributed by atoms with van der Waals surface area (Å²) < 4.78 is 16.0. The summed E-state index contributed by atoms with van der Waals surface area (Å²) in [5, 5.41) is 0. The van der Waals surface area contributed by atoms with Gasteiger partial charge < -0.3 is 14.2 Å². The molecule has 92 valence electrons. The molecule has 1 heterocycles. The molecule has 2 fully saturated rings. The molecule has 2 atom stereocenters. The molecule has 0 amide bonds. The zero-order chi connectivity index (χ0) is 11.4. The van der Waals surface area contributed by atoms with E-state index >= 15 is 0 Å². The Morgan fingerprint density at radius 2 is 2.19 bits per heavy atom. The Labute approximate surface area is 96.2 Å². The maximum absolute atomic E-state index is 11.5. The van der Waals surface area contributed by atoms with Crippen LogP contribution in [-0.2, 0) is 19.0 Å². The molecule has 4 heteroatoms. The van der Waals surface area contributed by atoms with Gasteiger partial charge in [0.1, 0.15) is 0 Å². The fraction of sp³-hybridized carbons (Fsp3) is 0.917. The molecule has 0 aromatic heterocycles. The second-order valence-corrected chi connectivity index (χ2v) is 4.60. The monoisotopic (exact) mass is 228 g/mol. The molecule has 1 saturated heterocycles. The van der Waals surface area contributed by atoms with Crippen LogP contribution in [0, 0.1) is 5.92 Å². The minimum absolute atomic E-state index is 0.166. The highest BCUT2D eigenvalue weighted by Crippen LogP contribution is 2.35. The van der Waals surface area contributed by atoms with Crippen LogP contribution in [0.1, 0.15) is 32.1 Å². The van der Waals surface area contributed by atoms with Crippen molar-refractivity contribution < 1.29 is 19.0 Å². The summed E-state index contributed by atoms with van der Waals surface area (Å²) in [6.07, 6.45) is 5.32. The average Bonchev–Trinajstić information content (AvgIpc) is 3.15. The lowest BCUT2D eigenvalue weighted by Crippen LogP contribution is -2.33. The van der Waals surface area contributed by atoms with Crippen molar-refractivity contribution in [3.05, 3.63) is 0 Å². The molecule has 0 spiro atoms. The van der Waals surface area contributed by atoms with E-state index in [0.717, 1.165) is 32.3 Å². The Balaban J connectivity index is 1.74. The van der Waals surface area contributed by atoms with E-state index in [4.69, 9.17) is 14.2 Å². The Bertz CT molecular complexity index is 231. The van der Waals surface area contributed by atoms with Crippen LogP contribution >= 0.6 is 0 Å². The predicted molar refractivity (Wildman–Crippen MR) is 58.1 cm³/mol. The van der Waals surface area contributed by atoms with Gasteiger partial charge in [0, 0.05) is 6.61 Å². The smallest absolute Gasteiger partial charge is 0.335 e. The molecule has 0 N–H and O–H groups in total. The summed E-state index contributed by atoms with van der Waals surface area (Å²) in [4.78, 5) is 11.5. The normalized spacial score (nSPS) is 27.4. The molecular formula is C12H20O4. The molecule has 1 aliphatic heterocycles. The highest BCUT2D eigenvalue weighted by Gasteiger charge is 2.38. The van der Waals surface area contributed by atoms with Gasteiger partial charge in [-0.25, -0.2) is 4.79 Å². The second-order valence-electron chi connectivity index (χ2n) is 4.60. The second kappa shape index (κ2) is 5.64. The summed E-state index contributed by atoms with van der Waals surface area (Å²) in [6, 6.07) is 0. The fourth-order valence-corrected chi connectivity index (χ4v) is 2.06. The van der Waals surface area contributed by atoms with Crippen molar-refractivity contribution in [2.45, 2.75) is 44.3 Å². The highest BCUT2D eigenvalue weighted by atomic mass is 16.6. The van der Waals surface area contributed by atoms with Crippen molar-refractivity contribution in [1.82, 2.24) is 0 Å². The number of hydrogen-bond acceptors (Lipinski definition) is 4. The van der Waals surface area contributed by atoms with Gasteiger partial charge in [-0.15, -0.1) is 0 Å². The molecule has 0 aromatic rings. The van der Waals surface area contributed by atoms with Crippen LogP contribution in [-0.4, -0.2) is 38.5 Å². The molecule has 0 bridgehead atoms. The predicted octanol–water partition coefficient (Wildman–Crippen LogP) is 1.52. The van der Waals surface area contributed by atoms with Crippen molar-refractivity contribution in [3.63, 3.8) is 0 Å². The van der Waals surface area contributed by atoms with Gasteiger partial charge in [0.25, 0.3) is 0 Å². The van der Waals surface area contributed by atoms with Crippen LogP contribution in [0.15, 0.2) is 0 Å². The standard InChI is InChI=1S/C12H20O4/c1-14-12(13)11(9-5-6-9)16-8-10-4-2-3-7-15-10/h9-11H,2-8H2,1H3. The maximum atomic E-state index is 11.5. The number of rotatable bonds is 5. The summed E-state index contributed by atoms with van der Waals surface area (Å²) >= 11 is 0. The van der Waals surface area contributed by atoms with Gasteiger partial charge in [0.2, 0.25) is 0 Å². The van der Waals surface area contributed by atoms with Crippen molar-refractivity contribution in [3.8, 4) is 0 Å². The lowest BCUT2D eigenvalue weighted by molar-refractivity contribution is -0.159. The molecule has 0 radical (unpaired) electrons. The molecule has 2 unspecified atom stereocenters. The van der Waals surface area contributed by atoms with Crippen LogP contribution in [0.4, 0.5) is 0 Å². The molecule has 2 rings (SSSR count). The van der Waals surface area contributed by atoms with Crippen LogP contribution in [0.2, 0.25) is 0 Å². The molecule has 1 saturated carbocycles. The fourth-order valence-electron chi connectivity index (χ4n) is 2.06. The Morgan fingerprint density at radius 1 is 1.38 bits per heavy atom. The third kappa shape index (κ3) is 3.19. The number of ether oxygens (including phenoxy) is 3. The first-order valence-corrected chi connectivity index (χ1v) is 6.12. The summed E-state index contributed by atoms with van der Waals surface area (Å²) in [7, 11) is 1.41. The van der Waals surface area contributed by atoms with E-state index in [1.807, 2.05) is 0 Å². The maximum Gasteiger partial charge on any atom is 0.335 e. The minimum Gasteiger partial charge on any atom is -0.467 e. The molecule has 2 aliphatic rings. The van der Waals surface area contributed by atoms with Crippen molar-refractivity contribution in [1.29, 1.82) is 0 Å². The van der Waals surface area contributed by atoms with Gasteiger partial charge in [-0.2, -0.15) is 0 Å². The zero-order valence-electron chi connectivity index (χ0n) is 9.81. The van der Waals surface area contributed by atoms with Crippen LogP contribution < -0.4 is 0 Å².